The lowest BCUT2D eigenvalue weighted by Crippen LogP contribution is -2.66. The second-order valence-corrected chi connectivity index (χ2v) is 30.3. The molecule has 19 nitrogen and oxygen atoms in total. The Morgan fingerprint density at radius 3 is 1.00 bits per heavy atom. The minimum absolute atomic E-state index is 0.203. The van der Waals surface area contributed by atoms with E-state index in [0.29, 0.717) is 12.8 Å². The first-order valence-corrected chi connectivity index (χ1v) is 43.7. The first-order chi connectivity index (χ1) is 54.8. The zero-order valence-electron chi connectivity index (χ0n) is 68.8. The Morgan fingerprint density at radius 2 is 0.625 bits per heavy atom. The molecular formula is C93H155NO18. The highest BCUT2D eigenvalue weighted by Crippen LogP contribution is 2.33. The Kier molecular flexibility index (Phi) is 64.0. The summed E-state index contributed by atoms with van der Waals surface area (Å²) in [7, 11) is 0. The maximum absolute atomic E-state index is 13.5. The van der Waals surface area contributed by atoms with Crippen molar-refractivity contribution in [2.75, 3.05) is 26.4 Å². The summed E-state index contributed by atoms with van der Waals surface area (Å²) >= 11 is 0. The molecule has 0 radical (unpaired) electrons. The van der Waals surface area contributed by atoms with E-state index in [1.807, 2.05) is 6.08 Å². The molecule has 3 heterocycles. The smallest absolute Gasteiger partial charge is 0.220 e. The molecule has 17 unspecified atom stereocenters. The van der Waals surface area contributed by atoms with Crippen LogP contribution in [0, 0.1) is 0 Å². The highest BCUT2D eigenvalue weighted by Gasteiger charge is 2.54. The Hall–Kier alpha value is -4.59. The average molecular weight is 1580 g/mol. The zero-order valence-corrected chi connectivity index (χ0v) is 68.8. The zero-order chi connectivity index (χ0) is 81.0. The number of amides is 1. The van der Waals surface area contributed by atoms with E-state index < -0.39 is 124 Å². The second-order valence-electron chi connectivity index (χ2n) is 30.3. The van der Waals surface area contributed by atoms with Crippen LogP contribution in [0.1, 0.15) is 290 Å². The van der Waals surface area contributed by atoms with Crippen molar-refractivity contribution < 1.29 is 89.4 Å². The van der Waals surface area contributed by atoms with E-state index >= 15 is 0 Å². The van der Waals surface area contributed by atoms with E-state index in [1.54, 1.807) is 6.08 Å². The lowest BCUT2D eigenvalue weighted by molar-refractivity contribution is -0.379. The van der Waals surface area contributed by atoms with Gasteiger partial charge in [-0.05, 0) is 116 Å². The van der Waals surface area contributed by atoms with Crippen molar-refractivity contribution in [2.24, 2.45) is 0 Å². The molecule has 0 spiro atoms. The van der Waals surface area contributed by atoms with Gasteiger partial charge in [-0.15, -0.1) is 0 Å². The van der Waals surface area contributed by atoms with Crippen LogP contribution in [0.5, 0.6) is 0 Å². The van der Waals surface area contributed by atoms with Gasteiger partial charge in [0.2, 0.25) is 5.91 Å². The van der Waals surface area contributed by atoms with Crippen LogP contribution in [0.25, 0.3) is 0 Å². The molecule has 3 saturated heterocycles. The van der Waals surface area contributed by atoms with Crippen LogP contribution in [0.15, 0.2) is 158 Å². The molecule has 3 rings (SSSR count). The molecular weight excluding hydrogens is 1420 g/mol. The summed E-state index contributed by atoms with van der Waals surface area (Å²) in [5, 5.41) is 121. The molecule has 1 amide bonds. The highest BCUT2D eigenvalue weighted by atomic mass is 16.8. The number of hydrogen-bond donors (Lipinski definition) is 12. The normalized spacial score (nSPS) is 25.7. The van der Waals surface area contributed by atoms with E-state index in [4.69, 9.17) is 28.4 Å². The molecule has 19 heteroatoms. The van der Waals surface area contributed by atoms with Gasteiger partial charge < -0.3 is 89.9 Å². The summed E-state index contributed by atoms with van der Waals surface area (Å²) in [6.45, 7) is 1.60. The van der Waals surface area contributed by atoms with Gasteiger partial charge in [-0.1, -0.05) is 326 Å². The molecule has 112 heavy (non-hydrogen) atoms. The fraction of sp³-hybridized carbons (Fsp3) is 0.710. The number of carbonyl (C=O) groups excluding carboxylic acids is 1. The largest absolute Gasteiger partial charge is 0.394 e. The molecule has 0 saturated carbocycles. The lowest BCUT2D eigenvalue weighted by Gasteiger charge is -2.48. The fourth-order valence-corrected chi connectivity index (χ4v) is 13.6. The predicted octanol–water partition coefficient (Wildman–Crippen LogP) is 16.3. The maximum atomic E-state index is 13.5. The Labute approximate surface area is 675 Å². The molecule has 3 aliphatic heterocycles. The quantitative estimate of drug-likeness (QED) is 0.0199. The van der Waals surface area contributed by atoms with E-state index in [2.05, 4.69) is 165 Å². The highest BCUT2D eigenvalue weighted by molar-refractivity contribution is 5.76. The van der Waals surface area contributed by atoms with Crippen molar-refractivity contribution in [3.63, 3.8) is 0 Å². The topological polar surface area (TPSA) is 307 Å². The lowest BCUT2D eigenvalue weighted by atomic mass is 9.96. The number of aliphatic hydroxyl groups is 11. The van der Waals surface area contributed by atoms with Crippen LogP contribution in [0.3, 0.4) is 0 Å². The standard InChI is InChI=1S/C93H155NO18/c1-3-5-7-9-11-13-15-17-19-21-23-25-27-29-31-33-34-35-36-37-38-39-40-41-42-43-45-47-49-51-53-55-57-59-61-63-65-67-69-71-81(99)94-76(77(98)70-68-66-64-62-60-58-56-54-52-50-48-46-44-32-30-28-26-24-22-20-18-16-14-12-10-8-6-4-2)75-107-91-87(105)84(102)89(79(73-96)109-91)112-93-88(106)85(103)90(80(74-97)110-93)111-92-86(104)83(101)82(100)78(72-95)108-92/h5,7,11,13,17,19,23,25,29,31,34-35,37-38,40-41,43,45,49,51,55,57,60,62,68,70,76-80,82-93,95-98,100-106H,3-4,6,8-10,12,14-16,18,20-22,24,26-28,30,32-33,36,39,42,44,46-48,50,52-54,56,58-59,61,63-67,69,71-75H2,1-2H3,(H,94,99)/b7-5-,13-11-,19-17-,25-23-,31-29-,35-34-,38-37-,41-40-,45-43-,51-49-,57-55-,62-60+,70-68+. The first-order valence-electron chi connectivity index (χ1n) is 43.7. The third-order valence-electron chi connectivity index (χ3n) is 20.6. The van der Waals surface area contributed by atoms with E-state index in [1.165, 1.54) is 135 Å². The monoisotopic (exact) mass is 1570 g/mol. The molecule has 0 aromatic carbocycles. The van der Waals surface area contributed by atoms with Crippen molar-refractivity contribution in [1.29, 1.82) is 0 Å². The number of carbonyl (C=O) groups is 1. The number of hydrogen-bond acceptors (Lipinski definition) is 18. The maximum Gasteiger partial charge on any atom is 0.220 e. The third-order valence-corrected chi connectivity index (χ3v) is 20.6. The molecule has 17 atom stereocenters. The predicted molar refractivity (Wildman–Crippen MR) is 452 cm³/mol. The summed E-state index contributed by atoms with van der Waals surface area (Å²) in [6.07, 6.45) is 78.0. The van der Waals surface area contributed by atoms with Crippen LogP contribution >= 0.6 is 0 Å². The van der Waals surface area contributed by atoms with Crippen molar-refractivity contribution in [2.45, 2.75) is 394 Å². The van der Waals surface area contributed by atoms with Crippen molar-refractivity contribution in [1.82, 2.24) is 5.32 Å². The molecule has 0 aromatic heterocycles. The summed E-state index contributed by atoms with van der Waals surface area (Å²) in [5.41, 5.74) is 0. The van der Waals surface area contributed by atoms with E-state index in [9.17, 15) is 61.0 Å². The van der Waals surface area contributed by atoms with Gasteiger partial charge in [0.25, 0.3) is 0 Å². The van der Waals surface area contributed by atoms with Gasteiger partial charge in [-0.2, -0.15) is 0 Å². The van der Waals surface area contributed by atoms with Crippen molar-refractivity contribution in [3.05, 3.63) is 158 Å². The Morgan fingerprint density at radius 1 is 0.330 bits per heavy atom. The molecule has 0 aliphatic carbocycles. The van der Waals surface area contributed by atoms with Crippen LogP contribution in [0.4, 0.5) is 0 Å². The molecule has 0 bridgehead atoms. The van der Waals surface area contributed by atoms with Gasteiger partial charge in [0.15, 0.2) is 18.9 Å². The van der Waals surface area contributed by atoms with Gasteiger partial charge in [0.1, 0.15) is 73.2 Å². The number of rotatable bonds is 68. The minimum Gasteiger partial charge on any atom is -0.394 e. The van der Waals surface area contributed by atoms with Gasteiger partial charge in [0, 0.05) is 6.42 Å². The van der Waals surface area contributed by atoms with Gasteiger partial charge >= 0.3 is 0 Å². The summed E-state index contributed by atoms with van der Waals surface area (Å²) < 4.78 is 34.5. The molecule has 3 fully saturated rings. The summed E-state index contributed by atoms with van der Waals surface area (Å²) in [4.78, 5) is 13.5. The van der Waals surface area contributed by atoms with Gasteiger partial charge in [0.05, 0.1) is 38.6 Å². The minimum atomic E-state index is -1.99. The van der Waals surface area contributed by atoms with Crippen LogP contribution in [-0.4, -0.2) is 193 Å². The summed E-state index contributed by atoms with van der Waals surface area (Å²) in [5.74, 6) is -0.308. The number of nitrogens with one attached hydrogen (secondary N) is 1. The molecule has 12 N–H and O–H groups in total. The first kappa shape index (κ1) is 102. The van der Waals surface area contributed by atoms with Crippen molar-refractivity contribution in [3.8, 4) is 0 Å². The SMILES string of the molecule is CC/C=C\C/C=C\C/C=C\C/C=C\C/C=C\C/C=C\C/C=C\C/C=C\C/C=C\C/C=C\C/C=C\CCCCCCCC(=O)NC(COC1OC(CO)C(OC2OC(CO)C(OC3OC(CO)C(O)C(O)C3O)C(O)C2O)C(O)C1O)C(O)/C=C/CC/C=C/CCCCCCCCCCCCCCCCCCCCCCCC. The Balaban J connectivity index is 1.37. The van der Waals surface area contributed by atoms with E-state index in [-0.39, 0.29) is 18.9 Å². The van der Waals surface area contributed by atoms with Crippen LogP contribution < -0.4 is 5.32 Å². The second kappa shape index (κ2) is 70.6. The number of ether oxygens (including phenoxy) is 6. The molecule has 0 aromatic rings. The summed E-state index contributed by atoms with van der Waals surface area (Å²) in [6, 6.07) is -1.02. The Bertz CT molecular complexity index is 2640. The number of unbranched alkanes of at least 4 members (excludes halogenated alkanes) is 28. The van der Waals surface area contributed by atoms with Gasteiger partial charge in [-0.3, -0.25) is 4.79 Å². The average Bonchev–Trinajstić information content (AvgIpc) is 0.780. The van der Waals surface area contributed by atoms with Gasteiger partial charge in [-0.25, -0.2) is 0 Å². The van der Waals surface area contributed by atoms with Crippen LogP contribution in [-0.2, 0) is 33.2 Å². The molecule has 640 valence electrons. The van der Waals surface area contributed by atoms with Crippen LogP contribution in [0.2, 0.25) is 0 Å². The van der Waals surface area contributed by atoms with Crippen molar-refractivity contribution >= 4 is 5.91 Å². The fourth-order valence-electron chi connectivity index (χ4n) is 13.6. The third kappa shape index (κ3) is 48.8. The molecule has 3 aliphatic rings. The number of allylic oxidation sites excluding steroid dienone is 25. The van der Waals surface area contributed by atoms with E-state index in [0.717, 1.165) is 122 Å². The number of aliphatic hydroxyl groups excluding tert-OH is 11.